The van der Waals surface area contributed by atoms with E-state index in [1.807, 2.05) is 0 Å². The molecular weight excluding hydrogens is 491 g/mol. The third-order valence-corrected chi connectivity index (χ3v) is 6.01. The number of nitrogens with zero attached hydrogens (tertiary/aromatic N) is 3. The smallest absolute Gasteiger partial charge is 0.338 e. The maximum atomic E-state index is 15.8. The van der Waals surface area contributed by atoms with E-state index in [0.29, 0.717) is 10.9 Å². The molecule has 2 N–H and O–H groups in total. The Kier molecular flexibility index (Phi) is 6.53. The lowest BCUT2D eigenvalue weighted by Gasteiger charge is -2.19. The van der Waals surface area contributed by atoms with E-state index in [-0.39, 0.29) is 28.9 Å². The van der Waals surface area contributed by atoms with Crippen LogP contribution in [0.1, 0.15) is 26.9 Å². The Bertz CT molecular complexity index is 1400. The number of alkyl halides is 1. The molecule has 0 radical (unpaired) electrons. The molecule has 1 aliphatic rings. The molecule has 0 spiro atoms. The fourth-order valence-corrected chi connectivity index (χ4v) is 4.23. The van der Waals surface area contributed by atoms with Crippen molar-refractivity contribution in [3.05, 3.63) is 89.2 Å². The highest BCUT2D eigenvalue weighted by Gasteiger charge is 2.49. The van der Waals surface area contributed by atoms with Gasteiger partial charge in [-0.3, -0.25) is 0 Å². The van der Waals surface area contributed by atoms with Crippen LogP contribution in [0, 0.1) is 0 Å². The summed E-state index contributed by atoms with van der Waals surface area (Å²) in [5.74, 6) is -1.45. The molecule has 1 aliphatic heterocycles. The lowest BCUT2D eigenvalue weighted by Crippen LogP contribution is -2.37. The average molecular weight is 511 g/mol. The number of carbonyl (C=O) groups excluding carboxylic acids is 2. The van der Waals surface area contributed by atoms with Gasteiger partial charge in [0.15, 0.2) is 18.5 Å². The van der Waals surface area contributed by atoms with E-state index in [4.69, 9.17) is 31.5 Å². The summed E-state index contributed by atoms with van der Waals surface area (Å²) in [6, 6.07) is 18.1. The zero-order chi connectivity index (χ0) is 25.2. The molecule has 2 aromatic carbocycles. The van der Waals surface area contributed by atoms with E-state index in [1.165, 1.54) is 10.8 Å². The molecule has 2 aromatic heterocycles. The Hall–Kier alpha value is -4.02. The van der Waals surface area contributed by atoms with Crippen LogP contribution in [0.3, 0.4) is 0 Å². The molecule has 4 aromatic rings. The highest BCUT2D eigenvalue weighted by atomic mass is 35.5. The average Bonchev–Trinajstić information content (AvgIpc) is 3.44. The minimum atomic E-state index is -1.83. The van der Waals surface area contributed by atoms with Crippen LogP contribution >= 0.6 is 11.6 Å². The van der Waals surface area contributed by atoms with Gasteiger partial charge in [-0.1, -0.05) is 48.0 Å². The van der Waals surface area contributed by atoms with Crippen LogP contribution in [0.4, 0.5) is 10.3 Å². The van der Waals surface area contributed by atoms with Gasteiger partial charge in [-0.2, -0.15) is 4.98 Å². The number of nitrogen functional groups attached to an aromatic ring is 1. The van der Waals surface area contributed by atoms with Crippen LogP contribution in [0.2, 0.25) is 5.15 Å². The van der Waals surface area contributed by atoms with Crippen molar-refractivity contribution in [2.75, 3.05) is 12.3 Å². The van der Waals surface area contributed by atoms with Gasteiger partial charge in [-0.25, -0.2) is 19.0 Å². The van der Waals surface area contributed by atoms with Crippen molar-refractivity contribution in [3.8, 4) is 0 Å². The van der Waals surface area contributed by atoms with Gasteiger partial charge in [0, 0.05) is 6.20 Å². The van der Waals surface area contributed by atoms with Crippen LogP contribution in [-0.4, -0.2) is 51.5 Å². The Morgan fingerprint density at radius 1 is 1.00 bits per heavy atom. The van der Waals surface area contributed by atoms with Crippen molar-refractivity contribution in [2.24, 2.45) is 0 Å². The number of anilines is 1. The first-order valence-corrected chi connectivity index (χ1v) is 11.4. The molecule has 0 amide bonds. The largest absolute Gasteiger partial charge is 0.459 e. The fraction of sp³-hybridized carbons (Fsp3) is 0.200. The second kappa shape index (κ2) is 9.92. The SMILES string of the molecule is Nc1nc(Cl)c2ccn([C@@H]3O[C@H](COC(=O)c4ccccc4)[C@@H](OC(=O)c4ccccc4)[C@@H]3F)c2n1. The summed E-state index contributed by atoms with van der Waals surface area (Å²) in [6.07, 6.45) is -4.04. The summed E-state index contributed by atoms with van der Waals surface area (Å²) in [4.78, 5) is 33.2. The van der Waals surface area contributed by atoms with Gasteiger partial charge < -0.3 is 24.5 Å². The van der Waals surface area contributed by atoms with Crippen LogP contribution in [0.15, 0.2) is 72.9 Å². The lowest BCUT2D eigenvalue weighted by molar-refractivity contribution is -0.0568. The highest BCUT2D eigenvalue weighted by Crippen LogP contribution is 2.37. The van der Waals surface area contributed by atoms with Gasteiger partial charge in [0.1, 0.15) is 23.5 Å². The summed E-state index contributed by atoms with van der Waals surface area (Å²) in [5.41, 5.74) is 6.53. The molecule has 4 atom stereocenters. The Balaban J connectivity index is 1.42. The fourth-order valence-electron chi connectivity index (χ4n) is 3.99. The van der Waals surface area contributed by atoms with E-state index >= 15 is 4.39 Å². The zero-order valence-electron chi connectivity index (χ0n) is 18.7. The number of rotatable bonds is 6. The monoisotopic (exact) mass is 510 g/mol. The van der Waals surface area contributed by atoms with Gasteiger partial charge >= 0.3 is 11.9 Å². The number of ether oxygens (including phenoxy) is 3. The molecule has 3 heterocycles. The topological polar surface area (TPSA) is 119 Å². The molecule has 184 valence electrons. The second-order valence-corrected chi connectivity index (χ2v) is 8.40. The summed E-state index contributed by atoms with van der Waals surface area (Å²) < 4.78 is 34.1. The molecule has 0 unspecified atom stereocenters. The molecule has 0 aliphatic carbocycles. The molecule has 0 saturated carbocycles. The van der Waals surface area contributed by atoms with E-state index in [2.05, 4.69) is 9.97 Å². The number of nitrogens with two attached hydrogens (primary N) is 1. The highest BCUT2D eigenvalue weighted by molar-refractivity contribution is 6.34. The summed E-state index contributed by atoms with van der Waals surface area (Å²) in [7, 11) is 0. The molecule has 1 saturated heterocycles. The molecule has 5 rings (SSSR count). The van der Waals surface area contributed by atoms with Crippen molar-refractivity contribution in [1.29, 1.82) is 0 Å². The van der Waals surface area contributed by atoms with Gasteiger partial charge in [0.25, 0.3) is 0 Å². The number of benzene rings is 2. The quantitative estimate of drug-likeness (QED) is 0.305. The van der Waals surface area contributed by atoms with Crippen molar-refractivity contribution < 1.29 is 28.2 Å². The number of aromatic nitrogens is 3. The summed E-state index contributed by atoms with van der Waals surface area (Å²) in [6.45, 7) is -0.353. The zero-order valence-corrected chi connectivity index (χ0v) is 19.4. The third kappa shape index (κ3) is 4.60. The Labute approximate surface area is 209 Å². The van der Waals surface area contributed by atoms with E-state index < -0.39 is 36.5 Å². The van der Waals surface area contributed by atoms with Crippen molar-refractivity contribution >= 4 is 40.5 Å². The lowest BCUT2D eigenvalue weighted by atomic mass is 10.1. The first kappa shape index (κ1) is 23.7. The molecule has 11 heteroatoms. The van der Waals surface area contributed by atoms with Crippen molar-refractivity contribution in [3.63, 3.8) is 0 Å². The van der Waals surface area contributed by atoms with Gasteiger partial charge in [0.2, 0.25) is 5.95 Å². The van der Waals surface area contributed by atoms with E-state index in [0.717, 1.165) is 0 Å². The van der Waals surface area contributed by atoms with Gasteiger partial charge in [0.05, 0.1) is 16.5 Å². The third-order valence-electron chi connectivity index (χ3n) is 5.72. The number of fused-ring (bicyclic) bond motifs is 1. The molecule has 1 fully saturated rings. The van der Waals surface area contributed by atoms with Crippen molar-refractivity contribution in [1.82, 2.24) is 14.5 Å². The van der Waals surface area contributed by atoms with Gasteiger partial charge in [-0.15, -0.1) is 0 Å². The molecule has 0 bridgehead atoms. The summed E-state index contributed by atoms with van der Waals surface area (Å²) >= 11 is 6.15. The second-order valence-electron chi connectivity index (χ2n) is 8.04. The van der Waals surface area contributed by atoms with Crippen LogP contribution in [0.25, 0.3) is 11.0 Å². The van der Waals surface area contributed by atoms with Crippen LogP contribution in [0.5, 0.6) is 0 Å². The predicted molar refractivity (Wildman–Crippen MR) is 128 cm³/mol. The molecular formula is C25H20ClFN4O5. The summed E-state index contributed by atoms with van der Waals surface area (Å²) in [5, 5.41) is 0.545. The Morgan fingerprint density at radius 3 is 2.31 bits per heavy atom. The first-order valence-electron chi connectivity index (χ1n) is 11.0. The standard InChI is InChI=1S/C25H20ClFN4O5/c26-20-16-11-12-31(21(16)30-25(28)29-20)22-18(27)19(36-24(33)15-9-5-2-6-10-15)17(35-22)13-34-23(32)14-7-3-1-4-8-14/h1-12,17-19,22H,13H2,(H2,28,29,30)/t17-,18+,19-,22-/m1/s1. The normalized spacial score (nSPS) is 21.4. The van der Waals surface area contributed by atoms with Crippen molar-refractivity contribution in [2.45, 2.75) is 24.6 Å². The molecule has 9 nitrogen and oxygen atoms in total. The van der Waals surface area contributed by atoms with E-state index in [1.54, 1.807) is 66.7 Å². The number of hydrogen-bond donors (Lipinski definition) is 1. The minimum absolute atomic E-state index is 0.0961. The maximum absolute atomic E-state index is 15.8. The number of halogens is 2. The number of hydrogen-bond acceptors (Lipinski definition) is 8. The number of esters is 2. The molecule has 36 heavy (non-hydrogen) atoms. The van der Waals surface area contributed by atoms with Crippen LogP contribution in [-0.2, 0) is 14.2 Å². The first-order chi connectivity index (χ1) is 17.4. The van der Waals surface area contributed by atoms with E-state index in [9.17, 15) is 9.59 Å². The minimum Gasteiger partial charge on any atom is -0.459 e. The maximum Gasteiger partial charge on any atom is 0.338 e. The van der Waals surface area contributed by atoms with Crippen LogP contribution < -0.4 is 5.73 Å². The Morgan fingerprint density at radius 2 is 1.64 bits per heavy atom. The van der Waals surface area contributed by atoms with Gasteiger partial charge in [-0.05, 0) is 30.3 Å². The predicted octanol–water partition coefficient (Wildman–Crippen LogP) is 3.99. The number of carbonyl (C=O) groups is 2.